The summed E-state index contributed by atoms with van der Waals surface area (Å²) < 4.78 is 9.01. The number of para-hydroxylation sites is 4. The van der Waals surface area contributed by atoms with Gasteiger partial charge >= 0.3 is 0 Å². The van der Waals surface area contributed by atoms with E-state index in [-0.39, 0.29) is 0 Å². The molecule has 0 fully saturated rings. The molecule has 0 spiro atoms. The number of anilines is 2. The van der Waals surface area contributed by atoms with Crippen molar-refractivity contribution in [1.29, 1.82) is 0 Å². The number of aromatic nitrogens is 1. The van der Waals surface area contributed by atoms with E-state index in [9.17, 15) is 0 Å². The lowest BCUT2D eigenvalue weighted by atomic mass is 9.98. The highest BCUT2D eigenvalue weighted by Gasteiger charge is 2.21. The summed E-state index contributed by atoms with van der Waals surface area (Å²) in [6, 6.07) is 64.3. The van der Waals surface area contributed by atoms with Gasteiger partial charge in [-0.2, -0.15) is 0 Å². The first kappa shape index (κ1) is 32.3. The smallest absolute Gasteiger partial charge is 0.143 e. The molecule has 3 nitrogen and oxygen atoms in total. The fourth-order valence-electron chi connectivity index (χ4n) is 8.03. The van der Waals surface area contributed by atoms with Crippen LogP contribution in [0.2, 0.25) is 0 Å². The van der Waals surface area contributed by atoms with E-state index in [1.807, 2.05) is 6.08 Å². The number of hydrogen-bond acceptors (Lipinski definition) is 2. The molecule has 0 aliphatic heterocycles. The number of fused-ring (bicyclic) bond motifs is 7. The highest BCUT2D eigenvalue weighted by molar-refractivity contribution is 6.14. The molecule has 0 bridgehead atoms. The third kappa shape index (κ3) is 5.62. The predicted molar refractivity (Wildman–Crippen MR) is 234 cm³/mol. The maximum atomic E-state index is 6.75. The zero-order chi connectivity index (χ0) is 36.7. The Balaban J connectivity index is 1.14. The minimum atomic E-state index is 0.870. The van der Waals surface area contributed by atoms with Crippen LogP contribution in [-0.4, -0.2) is 4.57 Å². The van der Waals surface area contributed by atoms with Crippen molar-refractivity contribution in [2.45, 2.75) is 0 Å². The van der Waals surface area contributed by atoms with Gasteiger partial charge in [0.05, 0.1) is 16.7 Å². The molecule has 0 aliphatic rings. The van der Waals surface area contributed by atoms with Crippen molar-refractivity contribution < 1.29 is 4.42 Å². The number of furan rings is 1. The highest BCUT2D eigenvalue weighted by atomic mass is 16.3. The number of hydrogen-bond donors (Lipinski definition) is 0. The Morgan fingerprint density at radius 2 is 1.13 bits per heavy atom. The summed E-state index contributed by atoms with van der Waals surface area (Å²) in [6.07, 6.45) is 8.35. The van der Waals surface area contributed by atoms with Gasteiger partial charge in [0.15, 0.2) is 0 Å². The lowest BCUT2D eigenvalue weighted by Gasteiger charge is -2.28. The minimum absolute atomic E-state index is 0.870. The molecule has 0 unspecified atom stereocenters. The molecule has 8 aromatic carbocycles. The van der Waals surface area contributed by atoms with Crippen molar-refractivity contribution in [2.24, 2.45) is 0 Å². The van der Waals surface area contributed by atoms with Gasteiger partial charge in [0.1, 0.15) is 11.2 Å². The van der Waals surface area contributed by atoms with Gasteiger partial charge in [0.2, 0.25) is 0 Å². The summed E-state index contributed by atoms with van der Waals surface area (Å²) >= 11 is 0. The normalized spacial score (nSPS) is 12.1. The maximum Gasteiger partial charge on any atom is 0.143 e. The second-order valence-corrected chi connectivity index (χ2v) is 13.8. The standard InChI is InChI=1S/C52H36N2O/c1-2-40(20-15-33-53-48-26-11-8-21-42(48)43-22-9-12-27-49(43)53)54(41-31-29-37(30-32-41)36-16-4-3-5-17-36)50-28-13-10-23-44(50)45-24-14-25-46-47-34-38-18-6-7-19-39(38)35-51(47)55-52(45)46/h2-35H,1H2/b33-15+,40-20+. The predicted octanol–water partition coefficient (Wildman–Crippen LogP) is 14.6. The van der Waals surface area contributed by atoms with Crippen LogP contribution in [0, 0.1) is 0 Å². The summed E-state index contributed by atoms with van der Waals surface area (Å²) in [7, 11) is 0. The minimum Gasteiger partial charge on any atom is -0.455 e. The molecular formula is C52H36N2O. The molecular weight excluding hydrogens is 669 g/mol. The molecule has 260 valence electrons. The molecule has 0 saturated heterocycles. The number of allylic oxidation sites excluding steroid dienone is 3. The zero-order valence-corrected chi connectivity index (χ0v) is 30.1. The monoisotopic (exact) mass is 704 g/mol. The first-order valence-corrected chi connectivity index (χ1v) is 18.6. The summed E-state index contributed by atoms with van der Waals surface area (Å²) in [4.78, 5) is 2.29. The van der Waals surface area contributed by atoms with E-state index >= 15 is 0 Å². The Hall–Kier alpha value is -7.36. The zero-order valence-electron chi connectivity index (χ0n) is 30.1. The van der Waals surface area contributed by atoms with Crippen molar-refractivity contribution in [3.05, 3.63) is 212 Å². The first-order chi connectivity index (χ1) is 27.2. The molecule has 0 aliphatic carbocycles. The second kappa shape index (κ2) is 13.6. The Bertz CT molecular complexity index is 3050. The fraction of sp³-hybridized carbons (Fsp3) is 0. The van der Waals surface area contributed by atoms with Crippen LogP contribution in [0.25, 0.3) is 83.0 Å². The molecule has 10 rings (SSSR count). The lowest BCUT2D eigenvalue weighted by molar-refractivity contribution is 0.670. The fourth-order valence-corrected chi connectivity index (χ4v) is 8.03. The molecule has 0 atom stereocenters. The van der Waals surface area contributed by atoms with Crippen LogP contribution >= 0.6 is 0 Å². The van der Waals surface area contributed by atoms with E-state index in [1.54, 1.807) is 0 Å². The first-order valence-electron chi connectivity index (χ1n) is 18.6. The molecule has 3 heteroatoms. The van der Waals surface area contributed by atoms with E-state index in [0.717, 1.165) is 61.1 Å². The van der Waals surface area contributed by atoms with Gasteiger partial charge in [-0.05, 0) is 82.6 Å². The van der Waals surface area contributed by atoms with Gasteiger partial charge in [-0.25, -0.2) is 0 Å². The number of rotatable bonds is 8. The van der Waals surface area contributed by atoms with Crippen LogP contribution in [-0.2, 0) is 0 Å². The summed E-state index contributed by atoms with van der Waals surface area (Å²) in [5.41, 5.74) is 11.5. The third-order valence-electron chi connectivity index (χ3n) is 10.6. The average molecular weight is 705 g/mol. The molecule has 10 aromatic rings. The van der Waals surface area contributed by atoms with E-state index in [4.69, 9.17) is 4.42 Å². The van der Waals surface area contributed by atoms with Gasteiger partial charge in [0.25, 0.3) is 0 Å². The van der Waals surface area contributed by atoms with Crippen LogP contribution < -0.4 is 4.90 Å². The highest BCUT2D eigenvalue weighted by Crippen LogP contribution is 2.43. The van der Waals surface area contributed by atoms with Crippen molar-refractivity contribution >= 4 is 72.1 Å². The molecule has 2 heterocycles. The van der Waals surface area contributed by atoms with Gasteiger partial charge in [0, 0.05) is 50.3 Å². The lowest BCUT2D eigenvalue weighted by Crippen LogP contribution is -2.16. The summed E-state index contributed by atoms with van der Waals surface area (Å²) in [5, 5.41) is 7.04. The maximum absolute atomic E-state index is 6.75. The Kier molecular flexibility index (Phi) is 7.96. The van der Waals surface area contributed by atoms with E-state index in [0.29, 0.717) is 0 Å². The van der Waals surface area contributed by atoms with E-state index < -0.39 is 0 Å². The van der Waals surface area contributed by atoms with Crippen molar-refractivity contribution in [3.63, 3.8) is 0 Å². The molecule has 2 aromatic heterocycles. The number of nitrogens with zero attached hydrogens (tertiary/aromatic N) is 2. The van der Waals surface area contributed by atoms with Gasteiger partial charge in [-0.1, -0.05) is 146 Å². The Morgan fingerprint density at radius 3 is 1.87 bits per heavy atom. The quantitative estimate of drug-likeness (QED) is 0.147. The average Bonchev–Trinajstić information content (AvgIpc) is 3.78. The van der Waals surface area contributed by atoms with Crippen LogP contribution in [0.5, 0.6) is 0 Å². The van der Waals surface area contributed by atoms with E-state index in [1.165, 1.54) is 32.8 Å². The summed E-state index contributed by atoms with van der Waals surface area (Å²) in [5.74, 6) is 0. The molecule has 0 saturated carbocycles. The SMILES string of the molecule is C=C/C(=C\C=C\n1c2ccccc2c2ccccc21)N(c1ccc(-c2ccccc2)cc1)c1ccccc1-c1cccc2c1oc1cc3ccccc3cc12. The second-order valence-electron chi connectivity index (χ2n) is 13.8. The van der Waals surface area contributed by atoms with Gasteiger partial charge in [-0.15, -0.1) is 0 Å². The van der Waals surface area contributed by atoms with Crippen molar-refractivity contribution in [3.8, 4) is 22.3 Å². The van der Waals surface area contributed by atoms with E-state index in [2.05, 4.69) is 216 Å². The molecule has 55 heavy (non-hydrogen) atoms. The van der Waals surface area contributed by atoms with Gasteiger partial charge in [-0.3, -0.25) is 0 Å². The van der Waals surface area contributed by atoms with Crippen LogP contribution in [0.15, 0.2) is 217 Å². The third-order valence-corrected chi connectivity index (χ3v) is 10.6. The Morgan fingerprint density at radius 1 is 0.527 bits per heavy atom. The molecule has 0 amide bonds. The number of benzene rings is 8. The largest absolute Gasteiger partial charge is 0.455 e. The van der Waals surface area contributed by atoms with Crippen LogP contribution in [0.3, 0.4) is 0 Å². The molecule has 0 radical (unpaired) electrons. The molecule has 0 N–H and O–H groups in total. The topological polar surface area (TPSA) is 21.3 Å². The van der Waals surface area contributed by atoms with Crippen molar-refractivity contribution in [1.82, 2.24) is 4.57 Å². The Labute approximate surface area is 319 Å². The van der Waals surface area contributed by atoms with Crippen LogP contribution in [0.1, 0.15) is 0 Å². The van der Waals surface area contributed by atoms with Gasteiger partial charge < -0.3 is 13.9 Å². The summed E-state index contributed by atoms with van der Waals surface area (Å²) in [6.45, 7) is 4.35. The van der Waals surface area contributed by atoms with Crippen LogP contribution in [0.4, 0.5) is 11.4 Å². The van der Waals surface area contributed by atoms with Crippen molar-refractivity contribution in [2.75, 3.05) is 4.90 Å².